The number of carbonyl (C=O) groups is 2. The first-order valence-corrected chi connectivity index (χ1v) is 3.63. The molecule has 14 heavy (non-hydrogen) atoms. The topological polar surface area (TPSA) is 78.4 Å². The third kappa shape index (κ3) is 3.60. The maximum atomic E-state index is 12.1. The number of carbonyl (C=O) groups excluding carboxylic acids is 2. The fourth-order valence-corrected chi connectivity index (χ4v) is 0.624. The summed E-state index contributed by atoms with van der Waals surface area (Å²) in [6.07, 6.45) is -5.12. The lowest BCUT2D eigenvalue weighted by atomic mass is 10.2. The fourth-order valence-electron chi connectivity index (χ4n) is 0.624. The van der Waals surface area contributed by atoms with Crippen LogP contribution in [0, 0.1) is 0 Å². The van der Waals surface area contributed by atoms with E-state index in [0.717, 1.165) is 5.48 Å². The van der Waals surface area contributed by atoms with Gasteiger partial charge in [-0.2, -0.15) is 13.2 Å². The van der Waals surface area contributed by atoms with Gasteiger partial charge in [-0.25, -0.2) is 5.48 Å². The summed E-state index contributed by atoms with van der Waals surface area (Å²) in [6.45, 7) is 1.33. The number of rotatable bonds is 3. The molecule has 5 nitrogen and oxygen atoms in total. The van der Waals surface area contributed by atoms with Crippen molar-refractivity contribution in [1.82, 2.24) is 10.8 Å². The lowest BCUT2D eigenvalue weighted by Gasteiger charge is -2.18. The largest absolute Gasteiger partial charge is 0.417 e. The van der Waals surface area contributed by atoms with Crippen LogP contribution in [0.15, 0.2) is 0 Å². The Morgan fingerprint density at radius 2 is 1.93 bits per heavy atom. The standard InChI is InChI=1S/C6H9F3N2O3/c1-2-3(12)10-4(5(13)11-14)6(7,8)9/h4,14H,2H2,1H3,(H,10,12)(H,11,13). The van der Waals surface area contributed by atoms with Crippen LogP contribution in [-0.4, -0.2) is 29.2 Å². The van der Waals surface area contributed by atoms with Gasteiger partial charge in [0.1, 0.15) is 0 Å². The van der Waals surface area contributed by atoms with Gasteiger partial charge in [-0.05, 0) is 0 Å². The van der Waals surface area contributed by atoms with Crippen LogP contribution in [0.4, 0.5) is 13.2 Å². The van der Waals surface area contributed by atoms with E-state index < -0.39 is 24.0 Å². The molecule has 0 aliphatic carbocycles. The number of halogens is 3. The summed E-state index contributed by atoms with van der Waals surface area (Å²) in [5.74, 6) is -2.66. The van der Waals surface area contributed by atoms with Crippen LogP contribution in [0.5, 0.6) is 0 Å². The Bertz CT molecular complexity index is 229. The summed E-state index contributed by atoms with van der Waals surface area (Å²) in [5, 5.41) is 9.42. The Kier molecular flexibility index (Phi) is 4.35. The molecular weight excluding hydrogens is 205 g/mol. The summed E-state index contributed by atoms with van der Waals surface area (Å²) >= 11 is 0. The van der Waals surface area contributed by atoms with Gasteiger partial charge in [-0.3, -0.25) is 14.8 Å². The summed E-state index contributed by atoms with van der Waals surface area (Å²) in [4.78, 5) is 21.1. The number of hydrogen-bond donors (Lipinski definition) is 3. The molecule has 0 saturated heterocycles. The summed E-state index contributed by atoms with van der Waals surface area (Å²) in [5.41, 5.74) is 0.827. The van der Waals surface area contributed by atoms with Crippen molar-refractivity contribution < 1.29 is 28.0 Å². The molecule has 0 aliphatic rings. The van der Waals surface area contributed by atoms with Crippen molar-refractivity contribution in [3.8, 4) is 0 Å². The zero-order valence-electron chi connectivity index (χ0n) is 7.18. The average Bonchev–Trinajstić information content (AvgIpc) is 2.10. The van der Waals surface area contributed by atoms with Crippen molar-refractivity contribution in [2.24, 2.45) is 0 Å². The molecule has 0 aliphatic heterocycles. The number of nitrogens with one attached hydrogen (secondary N) is 2. The van der Waals surface area contributed by atoms with Crippen LogP contribution >= 0.6 is 0 Å². The van der Waals surface area contributed by atoms with Gasteiger partial charge in [-0.15, -0.1) is 0 Å². The van der Waals surface area contributed by atoms with E-state index in [-0.39, 0.29) is 6.42 Å². The van der Waals surface area contributed by atoms with Crippen LogP contribution in [0.3, 0.4) is 0 Å². The molecule has 0 spiro atoms. The molecule has 0 aromatic carbocycles. The number of hydroxylamine groups is 1. The molecule has 0 rings (SSSR count). The molecule has 82 valence electrons. The van der Waals surface area contributed by atoms with Crippen LogP contribution in [0.25, 0.3) is 0 Å². The predicted molar refractivity (Wildman–Crippen MR) is 38.2 cm³/mol. The maximum absolute atomic E-state index is 12.1. The molecule has 3 N–H and O–H groups in total. The second-order valence-corrected chi connectivity index (χ2v) is 2.37. The van der Waals surface area contributed by atoms with Crippen molar-refractivity contribution >= 4 is 11.8 Å². The summed E-state index contributed by atoms with van der Waals surface area (Å²) in [6, 6.07) is -2.72. The molecule has 8 heteroatoms. The van der Waals surface area contributed by atoms with E-state index in [1.165, 1.54) is 12.2 Å². The van der Waals surface area contributed by atoms with Crippen molar-refractivity contribution in [3.63, 3.8) is 0 Å². The lowest BCUT2D eigenvalue weighted by Crippen LogP contribution is -2.54. The molecule has 0 fully saturated rings. The molecule has 2 amide bonds. The van der Waals surface area contributed by atoms with Crippen LogP contribution in [0.1, 0.15) is 13.3 Å². The molecule has 0 bridgehead atoms. The second kappa shape index (κ2) is 4.80. The summed E-state index contributed by atoms with van der Waals surface area (Å²) < 4.78 is 36.2. The predicted octanol–water partition coefficient (Wildman–Crippen LogP) is -0.0511. The summed E-state index contributed by atoms with van der Waals surface area (Å²) in [7, 11) is 0. The first-order chi connectivity index (χ1) is 6.32. The fraction of sp³-hybridized carbons (Fsp3) is 0.667. The Morgan fingerprint density at radius 1 is 1.43 bits per heavy atom. The van der Waals surface area contributed by atoms with Crippen LogP contribution < -0.4 is 10.8 Å². The van der Waals surface area contributed by atoms with Gasteiger partial charge < -0.3 is 5.32 Å². The first kappa shape index (κ1) is 12.7. The molecule has 0 radical (unpaired) electrons. The third-order valence-corrected chi connectivity index (χ3v) is 1.33. The van der Waals surface area contributed by atoms with Gasteiger partial charge in [0.2, 0.25) is 11.9 Å². The van der Waals surface area contributed by atoms with E-state index in [4.69, 9.17) is 5.21 Å². The normalized spacial score (nSPS) is 13.2. The lowest BCUT2D eigenvalue weighted by molar-refractivity contribution is -0.176. The Morgan fingerprint density at radius 3 is 2.21 bits per heavy atom. The number of amides is 2. The van der Waals surface area contributed by atoms with Gasteiger partial charge in [-0.1, -0.05) is 6.92 Å². The molecular formula is C6H9F3N2O3. The minimum absolute atomic E-state index is 0.189. The Balaban J connectivity index is 4.58. The second-order valence-electron chi connectivity index (χ2n) is 2.37. The van der Waals surface area contributed by atoms with Crippen molar-refractivity contribution in [3.05, 3.63) is 0 Å². The maximum Gasteiger partial charge on any atom is 0.417 e. The first-order valence-electron chi connectivity index (χ1n) is 3.63. The number of alkyl halides is 3. The van der Waals surface area contributed by atoms with Gasteiger partial charge in [0.25, 0.3) is 5.91 Å². The number of hydrogen-bond acceptors (Lipinski definition) is 3. The van der Waals surface area contributed by atoms with E-state index >= 15 is 0 Å². The molecule has 0 aromatic rings. The molecule has 0 saturated carbocycles. The highest BCUT2D eigenvalue weighted by Crippen LogP contribution is 2.20. The molecule has 1 unspecified atom stereocenters. The van der Waals surface area contributed by atoms with E-state index in [0.29, 0.717) is 0 Å². The van der Waals surface area contributed by atoms with Gasteiger partial charge in [0, 0.05) is 6.42 Å². The van der Waals surface area contributed by atoms with E-state index in [1.807, 2.05) is 0 Å². The highest BCUT2D eigenvalue weighted by atomic mass is 19.4. The van der Waals surface area contributed by atoms with Crippen molar-refractivity contribution in [2.45, 2.75) is 25.6 Å². The third-order valence-electron chi connectivity index (χ3n) is 1.33. The zero-order valence-corrected chi connectivity index (χ0v) is 7.18. The van der Waals surface area contributed by atoms with E-state index in [9.17, 15) is 22.8 Å². The highest BCUT2D eigenvalue weighted by Gasteiger charge is 2.45. The minimum Gasteiger partial charge on any atom is -0.337 e. The highest BCUT2D eigenvalue weighted by molar-refractivity contribution is 5.87. The van der Waals surface area contributed by atoms with Crippen molar-refractivity contribution in [1.29, 1.82) is 0 Å². The molecule has 0 heterocycles. The smallest absolute Gasteiger partial charge is 0.337 e. The van der Waals surface area contributed by atoms with E-state index in [1.54, 1.807) is 0 Å². The van der Waals surface area contributed by atoms with Crippen molar-refractivity contribution in [2.75, 3.05) is 0 Å². The average molecular weight is 214 g/mol. The van der Waals surface area contributed by atoms with E-state index in [2.05, 4.69) is 0 Å². The van der Waals surface area contributed by atoms with Crippen LogP contribution in [0.2, 0.25) is 0 Å². The molecule has 0 aromatic heterocycles. The SMILES string of the molecule is CCC(=O)NC(C(=O)NO)C(F)(F)F. The van der Waals surface area contributed by atoms with Crippen LogP contribution in [-0.2, 0) is 9.59 Å². The monoisotopic (exact) mass is 214 g/mol. The quantitative estimate of drug-likeness (QED) is 0.455. The minimum atomic E-state index is -4.93. The molecule has 1 atom stereocenters. The Hall–Kier alpha value is -1.31. The van der Waals surface area contributed by atoms with Gasteiger partial charge >= 0.3 is 6.18 Å². The van der Waals surface area contributed by atoms with Gasteiger partial charge in [0.15, 0.2) is 0 Å². The van der Waals surface area contributed by atoms with Gasteiger partial charge in [0.05, 0.1) is 0 Å². The Labute approximate surface area is 77.2 Å². The zero-order chi connectivity index (χ0) is 11.4.